The Bertz CT molecular complexity index is 422. The van der Waals surface area contributed by atoms with Crippen LogP contribution in [0.25, 0.3) is 0 Å². The number of nitrogens with two attached hydrogens (primary N) is 1. The first-order valence-electron chi connectivity index (χ1n) is 9.01. The van der Waals surface area contributed by atoms with Gasteiger partial charge in [0.2, 0.25) is 5.91 Å². The zero-order chi connectivity index (χ0) is 14.4. The summed E-state index contributed by atoms with van der Waals surface area (Å²) in [5, 5.41) is 3.59. The molecule has 3 saturated carbocycles. The average Bonchev–Trinajstić information content (AvgIpc) is 3.00. The van der Waals surface area contributed by atoms with Crippen LogP contribution in [0.3, 0.4) is 0 Å². The van der Waals surface area contributed by atoms with Gasteiger partial charge in [-0.05, 0) is 70.3 Å². The molecule has 118 valence electrons. The predicted octanol–water partition coefficient (Wildman–Crippen LogP) is 1.78. The van der Waals surface area contributed by atoms with Crippen LogP contribution in [0.1, 0.15) is 64.2 Å². The van der Waals surface area contributed by atoms with Gasteiger partial charge in [0.15, 0.2) is 0 Å². The highest BCUT2D eigenvalue weighted by molar-refractivity contribution is 5.85. The molecule has 0 aromatic heterocycles. The molecule has 4 nitrogen and oxygen atoms in total. The van der Waals surface area contributed by atoms with Gasteiger partial charge in [-0.2, -0.15) is 0 Å². The molecule has 4 rings (SSSR count). The van der Waals surface area contributed by atoms with Crippen molar-refractivity contribution in [3.8, 4) is 0 Å². The van der Waals surface area contributed by atoms with Crippen molar-refractivity contribution in [1.82, 2.24) is 10.2 Å². The fraction of sp³-hybridized carbons (Fsp3) is 0.941. The number of nitrogens with one attached hydrogen (secondary N) is 1. The Morgan fingerprint density at radius 2 is 1.90 bits per heavy atom. The van der Waals surface area contributed by atoms with Crippen LogP contribution >= 0.6 is 0 Å². The van der Waals surface area contributed by atoms with Gasteiger partial charge in [-0.3, -0.25) is 9.69 Å². The van der Waals surface area contributed by atoms with Gasteiger partial charge in [0.1, 0.15) is 0 Å². The quantitative estimate of drug-likeness (QED) is 0.830. The Morgan fingerprint density at radius 1 is 1.10 bits per heavy atom. The van der Waals surface area contributed by atoms with Crippen molar-refractivity contribution >= 4 is 5.91 Å². The van der Waals surface area contributed by atoms with Crippen LogP contribution in [0.4, 0.5) is 0 Å². The molecule has 0 bridgehead atoms. The van der Waals surface area contributed by atoms with E-state index < -0.39 is 5.54 Å². The van der Waals surface area contributed by atoms with E-state index in [0.717, 1.165) is 31.2 Å². The fourth-order valence-corrected chi connectivity index (χ4v) is 5.29. The minimum Gasteiger partial charge on any atom is -0.368 e. The highest BCUT2D eigenvalue weighted by Crippen LogP contribution is 2.43. The first-order chi connectivity index (χ1) is 10.2. The number of rotatable bonds is 4. The SMILES string of the molecule is NC(=O)C1(NC2CC2)CCC(N2CCCC3CCCC32)C1. The second-order valence-electron chi connectivity index (χ2n) is 7.90. The molecule has 0 radical (unpaired) electrons. The number of nitrogens with zero attached hydrogens (tertiary/aromatic N) is 1. The fourth-order valence-electron chi connectivity index (χ4n) is 5.29. The number of carbonyl (C=O) groups excluding carboxylic acids is 1. The maximum absolute atomic E-state index is 12.1. The highest BCUT2D eigenvalue weighted by atomic mass is 16.1. The third-order valence-corrected chi connectivity index (χ3v) is 6.52. The molecule has 3 N–H and O–H groups in total. The molecule has 1 amide bonds. The number of carbonyl (C=O) groups is 1. The smallest absolute Gasteiger partial charge is 0.237 e. The number of fused-ring (bicyclic) bond motifs is 1. The topological polar surface area (TPSA) is 58.4 Å². The molecular formula is C17H29N3O. The van der Waals surface area contributed by atoms with E-state index in [4.69, 9.17) is 5.73 Å². The van der Waals surface area contributed by atoms with E-state index in [1.807, 2.05) is 0 Å². The van der Waals surface area contributed by atoms with E-state index in [9.17, 15) is 4.79 Å². The minimum absolute atomic E-state index is 0.114. The van der Waals surface area contributed by atoms with Gasteiger partial charge in [0.05, 0.1) is 5.54 Å². The van der Waals surface area contributed by atoms with Crippen molar-refractivity contribution in [3.05, 3.63) is 0 Å². The summed E-state index contributed by atoms with van der Waals surface area (Å²) in [4.78, 5) is 14.8. The van der Waals surface area contributed by atoms with Crippen LogP contribution in [0.15, 0.2) is 0 Å². The Labute approximate surface area is 127 Å². The number of amides is 1. The first-order valence-corrected chi connectivity index (χ1v) is 9.01. The molecule has 0 spiro atoms. The van der Waals surface area contributed by atoms with E-state index in [1.54, 1.807) is 0 Å². The summed E-state index contributed by atoms with van der Waals surface area (Å²) in [6, 6.07) is 1.93. The minimum atomic E-state index is -0.405. The van der Waals surface area contributed by atoms with Crippen molar-refractivity contribution in [2.75, 3.05) is 6.54 Å². The number of hydrogen-bond donors (Lipinski definition) is 2. The Hall–Kier alpha value is -0.610. The summed E-state index contributed by atoms with van der Waals surface area (Å²) < 4.78 is 0. The second kappa shape index (κ2) is 5.24. The molecule has 21 heavy (non-hydrogen) atoms. The number of likely N-dealkylation sites (tertiary alicyclic amines) is 1. The first kappa shape index (κ1) is 14.0. The standard InChI is InChI=1S/C17H29N3O/c18-16(21)17(19-13-6-7-13)9-8-14(11-17)20-10-2-4-12-3-1-5-15(12)20/h12-15,19H,1-11H2,(H2,18,21). The van der Waals surface area contributed by atoms with Gasteiger partial charge < -0.3 is 11.1 Å². The lowest BCUT2D eigenvalue weighted by molar-refractivity contribution is -0.124. The van der Waals surface area contributed by atoms with Crippen LogP contribution in [0.2, 0.25) is 0 Å². The Kier molecular flexibility index (Phi) is 3.49. The van der Waals surface area contributed by atoms with Crippen LogP contribution in [0, 0.1) is 5.92 Å². The van der Waals surface area contributed by atoms with E-state index in [2.05, 4.69) is 10.2 Å². The summed E-state index contributed by atoms with van der Waals surface area (Å²) in [7, 11) is 0. The van der Waals surface area contributed by atoms with Crippen molar-refractivity contribution in [1.29, 1.82) is 0 Å². The summed E-state index contributed by atoms with van der Waals surface area (Å²) in [5.41, 5.74) is 5.38. The van der Waals surface area contributed by atoms with Gasteiger partial charge in [-0.1, -0.05) is 6.42 Å². The lowest BCUT2D eigenvalue weighted by atomic mass is 9.89. The Morgan fingerprint density at radius 3 is 2.67 bits per heavy atom. The summed E-state index contributed by atoms with van der Waals surface area (Å²) in [5.74, 6) is 0.815. The lowest BCUT2D eigenvalue weighted by Gasteiger charge is -2.42. The normalized spacial score (nSPS) is 43.9. The molecule has 1 heterocycles. The molecule has 0 aromatic rings. The molecule has 3 aliphatic carbocycles. The number of primary amides is 1. The largest absolute Gasteiger partial charge is 0.368 e. The highest BCUT2D eigenvalue weighted by Gasteiger charge is 2.50. The second-order valence-corrected chi connectivity index (χ2v) is 7.90. The number of hydrogen-bond acceptors (Lipinski definition) is 3. The zero-order valence-corrected chi connectivity index (χ0v) is 13.0. The predicted molar refractivity (Wildman–Crippen MR) is 82.8 cm³/mol. The lowest BCUT2D eigenvalue weighted by Crippen LogP contribution is -2.56. The maximum atomic E-state index is 12.1. The van der Waals surface area contributed by atoms with Crippen molar-refractivity contribution in [2.45, 2.75) is 87.9 Å². The van der Waals surface area contributed by atoms with Gasteiger partial charge >= 0.3 is 0 Å². The molecule has 4 aliphatic rings. The van der Waals surface area contributed by atoms with Crippen LogP contribution in [-0.2, 0) is 4.79 Å². The molecular weight excluding hydrogens is 262 g/mol. The zero-order valence-electron chi connectivity index (χ0n) is 13.0. The molecule has 4 atom stereocenters. The molecule has 1 saturated heterocycles. The van der Waals surface area contributed by atoms with E-state index >= 15 is 0 Å². The average molecular weight is 291 g/mol. The van der Waals surface area contributed by atoms with Gasteiger partial charge in [-0.15, -0.1) is 0 Å². The van der Waals surface area contributed by atoms with Crippen molar-refractivity contribution < 1.29 is 4.79 Å². The summed E-state index contributed by atoms with van der Waals surface area (Å²) >= 11 is 0. The van der Waals surface area contributed by atoms with Crippen LogP contribution in [-0.4, -0.2) is 41.0 Å². The van der Waals surface area contributed by atoms with Gasteiger partial charge in [0.25, 0.3) is 0 Å². The van der Waals surface area contributed by atoms with Gasteiger partial charge in [0, 0.05) is 18.1 Å². The molecule has 4 unspecified atom stereocenters. The molecule has 1 aliphatic heterocycles. The van der Waals surface area contributed by atoms with E-state index in [-0.39, 0.29) is 5.91 Å². The summed E-state index contributed by atoms with van der Waals surface area (Å²) in [6.45, 7) is 1.24. The van der Waals surface area contributed by atoms with Crippen molar-refractivity contribution in [2.24, 2.45) is 11.7 Å². The summed E-state index contributed by atoms with van der Waals surface area (Å²) in [6.07, 6.45) is 12.4. The van der Waals surface area contributed by atoms with Crippen molar-refractivity contribution in [3.63, 3.8) is 0 Å². The Balaban J connectivity index is 1.47. The number of piperidine rings is 1. The van der Waals surface area contributed by atoms with E-state index in [1.165, 1.54) is 51.5 Å². The molecule has 4 fully saturated rings. The van der Waals surface area contributed by atoms with Crippen LogP contribution < -0.4 is 11.1 Å². The van der Waals surface area contributed by atoms with Crippen LogP contribution in [0.5, 0.6) is 0 Å². The van der Waals surface area contributed by atoms with Gasteiger partial charge in [-0.25, -0.2) is 0 Å². The molecule has 0 aromatic carbocycles. The van der Waals surface area contributed by atoms with E-state index in [0.29, 0.717) is 12.1 Å². The maximum Gasteiger partial charge on any atom is 0.237 e. The third-order valence-electron chi connectivity index (χ3n) is 6.52. The molecule has 4 heteroatoms. The third kappa shape index (κ3) is 2.50. The monoisotopic (exact) mass is 291 g/mol.